The van der Waals surface area contributed by atoms with Gasteiger partial charge < -0.3 is 9.47 Å². The molecule has 2 bridgehead atoms. The number of nitrogens with zero attached hydrogens (tertiary/aromatic N) is 5. The highest BCUT2D eigenvalue weighted by Gasteiger charge is 2.60. The van der Waals surface area contributed by atoms with Crippen LogP contribution in [0.15, 0.2) is 0 Å². The van der Waals surface area contributed by atoms with E-state index in [4.69, 9.17) is 0 Å². The monoisotopic (exact) mass is 383 g/mol. The summed E-state index contributed by atoms with van der Waals surface area (Å²) in [6.07, 6.45) is 5.77. The minimum atomic E-state index is -0.101. The van der Waals surface area contributed by atoms with Crippen molar-refractivity contribution < 1.29 is 14.4 Å². The fourth-order valence-corrected chi connectivity index (χ4v) is 6.09. The Morgan fingerprint density at radius 3 is 2.36 bits per heavy atom. The molecule has 1 saturated heterocycles. The van der Waals surface area contributed by atoms with E-state index in [1.54, 1.807) is 4.90 Å². The Balaban J connectivity index is 1.10. The molecule has 5 aliphatic rings. The summed E-state index contributed by atoms with van der Waals surface area (Å²) >= 11 is 0. The van der Waals surface area contributed by atoms with Gasteiger partial charge in [-0.25, -0.2) is 0 Å². The Bertz CT molecular complexity index is 847. The lowest BCUT2D eigenvalue weighted by atomic mass is 9.81. The largest absolute Gasteiger partial charge is 0.333 e. The maximum Gasteiger partial charge on any atom is 0.233 e. The summed E-state index contributed by atoms with van der Waals surface area (Å²) < 4.78 is 2.16. The first-order valence-electron chi connectivity index (χ1n) is 10.7. The van der Waals surface area contributed by atoms with Gasteiger partial charge in [-0.15, -0.1) is 10.2 Å². The summed E-state index contributed by atoms with van der Waals surface area (Å²) in [5.74, 6) is 2.98. The first-order valence-corrected chi connectivity index (χ1v) is 10.7. The molecule has 4 fully saturated rings. The van der Waals surface area contributed by atoms with E-state index >= 15 is 0 Å². The zero-order valence-electron chi connectivity index (χ0n) is 15.9. The minimum absolute atomic E-state index is 0.0112. The standard InChI is InChI=1S/C20H25N5O3/c26-15(23-7-8-24-14(10-23)21-22-18(24)11-1-2-11)5-6-25-19(27)16-12-3-4-13(9-12)17(16)20(25)28/h11-13,16-17H,1-10H2/t12-,13-,16+,17+/m0/s1. The third kappa shape index (κ3) is 2.32. The van der Waals surface area contributed by atoms with E-state index in [-0.39, 0.29) is 42.5 Å². The summed E-state index contributed by atoms with van der Waals surface area (Å²) in [7, 11) is 0. The van der Waals surface area contributed by atoms with Crippen LogP contribution in [0.25, 0.3) is 0 Å². The molecule has 1 aromatic rings. The molecular formula is C20H25N5O3. The van der Waals surface area contributed by atoms with Crippen LogP contribution in [0.2, 0.25) is 0 Å². The van der Waals surface area contributed by atoms with Gasteiger partial charge in [0.2, 0.25) is 17.7 Å². The highest BCUT2D eigenvalue weighted by atomic mass is 16.2. The normalized spacial score (nSPS) is 33.6. The van der Waals surface area contributed by atoms with Gasteiger partial charge in [-0.3, -0.25) is 19.3 Å². The molecule has 8 heteroatoms. The van der Waals surface area contributed by atoms with Crippen LogP contribution < -0.4 is 0 Å². The maximum atomic E-state index is 12.8. The van der Waals surface area contributed by atoms with Gasteiger partial charge in [0.25, 0.3) is 0 Å². The number of fused-ring (bicyclic) bond motifs is 6. The number of likely N-dealkylation sites (tertiary alicyclic amines) is 1. The van der Waals surface area contributed by atoms with E-state index < -0.39 is 0 Å². The van der Waals surface area contributed by atoms with Crippen LogP contribution in [0.5, 0.6) is 0 Å². The van der Waals surface area contributed by atoms with Crippen LogP contribution in [0.1, 0.15) is 56.1 Å². The van der Waals surface area contributed by atoms with Crippen molar-refractivity contribution in [2.75, 3.05) is 13.1 Å². The summed E-state index contributed by atoms with van der Waals surface area (Å²) in [6, 6.07) is 0. The topological polar surface area (TPSA) is 88.4 Å². The average molecular weight is 383 g/mol. The van der Waals surface area contributed by atoms with Gasteiger partial charge in [-0.2, -0.15) is 0 Å². The number of rotatable bonds is 4. The van der Waals surface area contributed by atoms with Crippen molar-refractivity contribution in [3.63, 3.8) is 0 Å². The molecule has 1 aromatic heterocycles. The molecule has 0 spiro atoms. The Morgan fingerprint density at radius 2 is 1.68 bits per heavy atom. The zero-order chi connectivity index (χ0) is 19.0. The molecule has 3 heterocycles. The highest BCUT2D eigenvalue weighted by Crippen LogP contribution is 2.56. The number of imide groups is 1. The third-order valence-electron chi connectivity index (χ3n) is 7.65. The van der Waals surface area contributed by atoms with Crippen LogP contribution in [-0.2, 0) is 27.5 Å². The average Bonchev–Trinajstić information content (AvgIpc) is 3.05. The molecule has 3 amide bonds. The molecule has 0 unspecified atom stereocenters. The molecule has 4 atom stereocenters. The fraction of sp³-hybridized carbons (Fsp3) is 0.750. The first-order chi connectivity index (χ1) is 13.6. The zero-order valence-corrected chi connectivity index (χ0v) is 15.9. The molecule has 3 saturated carbocycles. The number of aromatic nitrogens is 3. The highest BCUT2D eigenvalue weighted by molar-refractivity contribution is 6.06. The van der Waals surface area contributed by atoms with Crippen molar-refractivity contribution in [2.45, 2.75) is 57.5 Å². The third-order valence-corrected chi connectivity index (χ3v) is 7.65. The fourth-order valence-electron chi connectivity index (χ4n) is 6.09. The van der Waals surface area contributed by atoms with Gasteiger partial charge in [0, 0.05) is 32.0 Å². The lowest BCUT2D eigenvalue weighted by Gasteiger charge is -2.28. The molecule has 28 heavy (non-hydrogen) atoms. The second kappa shape index (κ2) is 5.87. The van der Waals surface area contributed by atoms with Gasteiger partial charge in [0.1, 0.15) is 5.82 Å². The van der Waals surface area contributed by atoms with E-state index in [0.717, 1.165) is 37.5 Å². The number of amides is 3. The van der Waals surface area contributed by atoms with Crippen molar-refractivity contribution in [3.05, 3.63) is 11.6 Å². The Morgan fingerprint density at radius 1 is 0.964 bits per heavy atom. The Kier molecular flexibility index (Phi) is 3.50. The molecule has 148 valence electrons. The van der Waals surface area contributed by atoms with Gasteiger partial charge in [-0.1, -0.05) is 0 Å². The predicted molar refractivity (Wildman–Crippen MR) is 96.6 cm³/mol. The molecule has 6 rings (SSSR count). The molecule has 8 nitrogen and oxygen atoms in total. The van der Waals surface area contributed by atoms with E-state index in [1.165, 1.54) is 17.7 Å². The van der Waals surface area contributed by atoms with Crippen molar-refractivity contribution in [3.8, 4) is 0 Å². The summed E-state index contributed by atoms with van der Waals surface area (Å²) in [5.41, 5.74) is 0. The molecule has 0 radical (unpaired) electrons. The first kappa shape index (κ1) is 16.7. The van der Waals surface area contributed by atoms with E-state index in [1.807, 2.05) is 0 Å². The number of carbonyl (C=O) groups is 3. The quantitative estimate of drug-likeness (QED) is 0.722. The van der Waals surface area contributed by atoms with Crippen molar-refractivity contribution >= 4 is 17.7 Å². The van der Waals surface area contributed by atoms with Gasteiger partial charge >= 0.3 is 0 Å². The number of carbonyl (C=O) groups excluding carboxylic acids is 3. The van der Waals surface area contributed by atoms with Crippen molar-refractivity contribution in [2.24, 2.45) is 23.7 Å². The van der Waals surface area contributed by atoms with E-state index in [9.17, 15) is 14.4 Å². The SMILES string of the molecule is O=C(CCN1C(=O)[C@@H]2[C@H]3CC[C@@H](C3)[C@H]2C1=O)N1CCn2c(nnc2C2CC2)C1. The van der Waals surface area contributed by atoms with E-state index in [0.29, 0.717) is 30.8 Å². The van der Waals surface area contributed by atoms with Crippen molar-refractivity contribution in [1.82, 2.24) is 24.6 Å². The number of hydrogen-bond acceptors (Lipinski definition) is 5. The molecular weight excluding hydrogens is 358 g/mol. The summed E-state index contributed by atoms with van der Waals surface area (Å²) in [6.45, 7) is 2.06. The van der Waals surface area contributed by atoms with Gasteiger partial charge in [0.05, 0.1) is 18.4 Å². The summed E-state index contributed by atoms with van der Waals surface area (Å²) in [5, 5.41) is 8.59. The van der Waals surface area contributed by atoms with Crippen LogP contribution in [0, 0.1) is 23.7 Å². The predicted octanol–water partition coefficient (Wildman–Crippen LogP) is 0.919. The van der Waals surface area contributed by atoms with Crippen LogP contribution >= 0.6 is 0 Å². The van der Waals surface area contributed by atoms with Crippen molar-refractivity contribution in [1.29, 1.82) is 0 Å². The Hall–Kier alpha value is -2.25. The van der Waals surface area contributed by atoms with Gasteiger partial charge in [-0.05, 0) is 43.9 Å². The second-order valence-electron chi connectivity index (χ2n) is 9.18. The maximum absolute atomic E-state index is 12.8. The summed E-state index contributed by atoms with van der Waals surface area (Å²) in [4.78, 5) is 41.5. The smallest absolute Gasteiger partial charge is 0.233 e. The van der Waals surface area contributed by atoms with Crippen LogP contribution in [0.3, 0.4) is 0 Å². The minimum Gasteiger partial charge on any atom is -0.333 e. The lowest BCUT2D eigenvalue weighted by molar-refractivity contribution is -0.141. The van der Waals surface area contributed by atoms with Crippen LogP contribution in [-0.4, -0.2) is 55.4 Å². The molecule has 3 aliphatic carbocycles. The molecule has 0 aromatic carbocycles. The molecule has 2 aliphatic heterocycles. The van der Waals surface area contributed by atoms with E-state index in [2.05, 4.69) is 14.8 Å². The molecule has 0 N–H and O–H groups in total. The lowest BCUT2D eigenvalue weighted by Crippen LogP contribution is -2.41. The second-order valence-corrected chi connectivity index (χ2v) is 9.18. The number of hydrogen-bond donors (Lipinski definition) is 0. The Labute approximate surface area is 163 Å². The van der Waals surface area contributed by atoms with Crippen LogP contribution in [0.4, 0.5) is 0 Å². The van der Waals surface area contributed by atoms with Gasteiger partial charge in [0.15, 0.2) is 5.82 Å².